The molecule has 2 bridgehead atoms. The molecule has 2 saturated heterocycles. The Morgan fingerprint density at radius 3 is 2.61 bits per heavy atom. The Hall–Kier alpha value is -0.930. The minimum atomic E-state index is -0.164. The highest BCUT2D eigenvalue weighted by Crippen LogP contribution is 2.31. The molecule has 3 rings (SSSR count). The molecule has 1 N–H and O–H groups in total. The van der Waals surface area contributed by atoms with Crippen LogP contribution in [-0.4, -0.2) is 18.7 Å². The predicted molar refractivity (Wildman–Crippen MR) is 68.7 cm³/mol. The molecule has 0 aliphatic carbocycles. The minimum absolute atomic E-state index is 0.164. The molecule has 0 aromatic heterocycles. The maximum Gasteiger partial charge on any atom is 0.128 e. The third-order valence-electron chi connectivity index (χ3n) is 4.14. The zero-order chi connectivity index (χ0) is 12.4. The first-order chi connectivity index (χ1) is 8.81. The first-order valence-corrected chi connectivity index (χ1v) is 6.88. The Morgan fingerprint density at radius 1 is 1.17 bits per heavy atom. The molecule has 0 spiro atoms. The number of hydrogen-bond acceptors (Lipinski definition) is 2. The van der Waals surface area contributed by atoms with Crippen LogP contribution in [0.15, 0.2) is 24.3 Å². The fourth-order valence-electron chi connectivity index (χ4n) is 3.26. The van der Waals surface area contributed by atoms with Crippen molar-refractivity contribution in [2.75, 3.05) is 6.61 Å². The molecule has 0 unspecified atom stereocenters. The lowest BCUT2D eigenvalue weighted by Gasteiger charge is -2.28. The maximum atomic E-state index is 13.4. The molecular weight excluding hydrogens is 229 g/mol. The maximum absolute atomic E-state index is 13.4. The summed E-state index contributed by atoms with van der Waals surface area (Å²) in [7, 11) is 0. The molecule has 1 aromatic carbocycles. The molecule has 18 heavy (non-hydrogen) atoms. The van der Waals surface area contributed by atoms with Crippen molar-refractivity contribution in [1.82, 2.24) is 5.32 Å². The lowest BCUT2D eigenvalue weighted by atomic mass is 9.93. The number of piperidine rings is 1. The highest BCUT2D eigenvalue weighted by molar-refractivity contribution is 5.16. The second-order valence-electron chi connectivity index (χ2n) is 5.58. The predicted octanol–water partition coefficient (Wildman–Crippen LogP) is 2.87. The van der Waals surface area contributed by atoms with Crippen molar-refractivity contribution in [2.24, 2.45) is 5.92 Å². The number of rotatable bonds is 4. The molecular formula is C15H20FNO. The van der Waals surface area contributed by atoms with E-state index < -0.39 is 0 Å². The summed E-state index contributed by atoms with van der Waals surface area (Å²) in [6.45, 7) is 1.16. The van der Waals surface area contributed by atoms with Gasteiger partial charge in [0.2, 0.25) is 0 Å². The average molecular weight is 249 g/mol. The van der Waals surface area contributed by atoms with Gasteiger partial charge in [0.05, 0.1) is 6.61 Å². The van der Waals surface area contributed by atoms with Crippen LogP contribution in [0.1, 0.15) is 31.2 Å². The quantitative estimate of drug-likeness (QED) is 0.886. The zero-order valence-electron chi connectivity index (χ0n) is 10.6. The zero-order valence-corrected chi connectivity index (χ0v) is 10.6. The summed E-state index contributed by atoms with van der Waals surface area (Å²) in [5.41, 5.74) is 0.661. The Bertz CT molecular complexity index is 397. The van der Waals surface area contributed by atoms with Gasteiger partial charge in [0, 0.05) is 24.3 Å². The lowest BCUT2D eigenvalue weighted by molar-refractivity contribution is 0.0671. The molecule has 0 radical (unpaired) electrons. The fourth-order valence-corrected chi connectivity index (χ4v) is 3.26. The summed E-state index contributed by atoms with van der Waals surface area (Å²) in [6.07, 6.45) is 5.06. The van der Waals surface area contributed by atoms with Gasteiger partial charge in [0.25, 0.3) is 0 Å². The normalized spacial score (nSPS) is 30.6. The highest BCUT2D eigenvalue weighted by Gasteiger charge is 2.33. The van der Waals surface area contributed by atoms with Gasteiger partial charge in [-0.05, 0) is 37.7 Å². The SMILES string of the molecule is Fc1ccccc1COC[C@H]1C[C@H]2CC[C@@H](C1)N2. The van der Waals surface area contributed by atoms with Crippen LogP contribution in [0.4, 0.5) is 4.39 Å². The van der Waals surface area contributed by atoms with Crippen LogP contribution in [0.2, 0.25) is 0 Å². The number of benzene rings is 1. The van der Waals surface area contributed by atoms with Crippen molar-refractivity contribution in [3.63, 3.8) is 0 Å². The molecule has 2 aliphatic heterocycles. The summed E-state index contributed by atoms with van der Waals surface area (Å²) in [5, 5.41) is 3.62. The van der Waals surface area contributed by atoms with Crippen LogP contribution >= 0.6 is 0 Å². The fraction of sp³-hybridized carbons (Fsp3) is 0.600. The number of ether oxygens (including phenoxy) is 1. The first-order valence-electron chi connectivity index (χ1n) is 6.88. The average Bonchev–Trinajstić information content (AvgIpc) is 2.71. The molecule has 0 amide bonds. The van der Waals surface area contributed by atoms with E-state index in [1.165, 1.54) is 31.7 Å². The van der Waals surface area contributed by atoms with E-state index in [4.69, 9.17) is 4.74 Å². The smallest absolute Gasteiger partial charge is 0.128 e. The van der Waals surface area contributed by atoms with Crippen LogP contribution < -0.4 is 5.32 Å². The number of halogens is 1. The monoisotopic (exact) mass is 249 g/mol. The Morgan fingerprint density at radius 2 is 1.89 bits per heavy atom. The van der Waals surface area contributed by atoms with E-state index in [0.29, 0.717) is 30.2 Å². The Labute approximate surface area is 108 Å². The van der Waals surface area contributed by atoms with Gasteiger partial charge in [-0.15, -0.1) is 0 Å². The molecule has 2 heterocycles. The van der Waals surface area contributed by atoms with Crippen molar-refractivity contribution < 1.29 is 9.13 Å². The largest absolute Gasteiger partial charge is 0.376 e. The molecule has 2 fully saturated rings. The first kappa shape index (κ1) is 12.1. The number of nitrogens with one attached hydrogen (secondary N) is 1. The van der Waals surface area contributed by atoms with Gasteiger partial charge >= 0.3 is 0 Å². The van der Waals surface area contributed by atoms with Crippen molar-refractivity contribution in [1.29, 1.82) is 0 Å². The second-order valence-corrected chi connectivity index (χ2v) is 5.58. The summed E-state index contributed by atoms with van der Waals surface area (Å²) < 4.78 is 19.1. The molecule has 0 saturated carbocycles. The molecule has 3 atom stereocenters. The van der Waals surface area contributed by atoms with Gasteiger partial charge in [0.1, 0.15) is 5.82 Å². The van der Waals surface area contributed by atoms with Crippen LogP contribution in [0.25, 0.3) is 0 Å². The van der Waals surface area contributed by atoms with Crippen molar-refractivity contribution in [2.45, 2.75) is 44.4 Å². The summed E-state index contributed by atoms with van der Waals surface area (Å²) in [6, 6.07) is 8.25. The topological polar surface area (TPSA) is 21.3 Å². The van der Waals surface area contributed by atoms with E-state index in [9.17, 15) is 4.39 Å². The van der Waals surface area contributed by atoms with Gasteiger partial charge < -0.3 is 10.1 Å². The third kappa shape index (κ3) is 2.73. The van der Waals surface area contributed by atoms with Gasteiger partial charge in [-0.3, -0.25) is 0 Å². The van der Waals surface area contributed by atoms with Gasteiger partial charge in [0.15, 0.2) is 0 Å². The second kappa shape index (κ2) is 5.37. The molecule has 2 nitrogen and oxygen atoms in total. The van der Waals surface area contributed by atoms with Crippen molar-refractivity contribution in [3.05, 3.63) is 35.6 Å². The van der Waals surface area contributed by atoms with E-state index in [1.54, 1.807) is 12.1 Å². The summed E-state index contributed by atoms with van der Waals surface area (Å²) in [4.78, 5) is 0. The van der Waals surface area contributed by atoms with Crippen LogP contribution in [-0.2, 0) is 11.3 Å². The van der Waals surface area contributed by atoms with E-state index in [2.05, 4.69) is 5.32 Å². The Balaban J connectivity index is 1.46. The van der Waals surface area contributed by atoms with E-state index >= 15 is 0 Å². The summed E-state index contributed by atoms with van der Waals surface area (Å²) >= 11 is 0. The molecule has 2 aliphatic rings. The Kier molecular flexibility index (Phi) is 3.62. The van der Waals surface area contributed by atoms with Gasteiger partial charge in [-0.25, -0.2) is 4.39 Å². The van der Waals surface area contributed by atoms with Crippen LogP contribution in [0.3, 0.4) is 0 Å². The van der Waals surface area contributed by atoms with Crippen LogP contribution in [0.5, 0.6) is 0 Å². The number of fused-ring (bicyclic) bond motifs is 2. The van der Waals surface area contributed by atoms with Crippen molar-refractivity contribution >= 4 is 0 Å². The van der Waals surface area contributed by atoms with Crippen LogP contribution in [0, 0.1) is 11.7 Å². The van der Waals surface area contributed by atoms with Gasteiger partial charge in [-0.2, -0.15) is 0 Å². The summed E-state index contributed by atoms with van der Waals surface area (Å²) in [5.74, 6) is 0.485. The number of hydrogen-bond donors (Lipinski definition) is 1. The van der Waals surface area contributed by atoms with Crippen molar-refractivity contribution in [3.8, 4) is 0 Å². The van der Waals surface area contributed by atoms with E-state index in [-0.39, 0.29) is 5.82 Å². The highest BCUT2D eigenvalue weighted by atomic mass is 19.1. The molecule has 98 valence electrons. The molecule has 3 heteroatoms. The lowest BCUT2D eigenvalue weighted by Crippen LogP contribution is -2.39. The molecule has 1 aromatic rings. The van der Waals surface area contributed by atoms with E-state index in [0.717, 1.165) is 6.61 Å². The third-order valence-corrected chi connectivity index (χ3v) is 4.14. The minimum Gasteiger partial charge on any atom is -0.376 e. The van der Waals surface area contributed by atoms with Gasteiger partial charge in [-0.1, -0.05) is 18.2 Å². The standard InChI is InChI=1S/C15H20FNO/c16-15-4-2-1-3-12(15)10-18-9-11-7-13-5-6-14(8-11)17-13/h1-4,11,13-14,17H,5-10H2/t11-,13+,14-. The van der Waals surface area contributed by atoms with E-state index in [1.807, 2.05) is 6.07 Å².